The molecule has 4 nitrogen and oxygen atoms in total. The molecule has 0 aromatic heterocycles. The topological polar surface area (TPSA) is 75.3 Å². The van der Waals surface area contributed by atoms with Crippen molar-refractivity contribution in [2.45, 2.75) is 65.5 Å². The van der Waals surface area contributed by atoms with Gasteiger partial charge in [0.25, 0.3) is 0 Å². The molecule has 0 aliphatic carbocycles. The molecule has 0 radical (unpaired) electrons. The van der Waals surface area contributed by atoms with E-state index in [1.54, 1.807) is 0 Å². The summed E-state index contributed by atoms with van der Waals surface area (Å²) in [5.41, 5.74) is 6.09. The summed E-state index contributed by atoms with van der Waals surface area (Å²) in [5, 5.41) is 11.6. The Labute approximate surface area is 105 Å². The molecule has 1 amide bonds. The predicted molar refractivity (Wildman–Crippen MR) is 70.6 cm³/mol. The highest BCUT2D eigenvalue weighted by Crippen LogP contribution is 2.20. The maximum absolute atomic E-state index is 11.7. The van der Waals surface area contributed by atoms with Crippen molar-refractivity contribution in [1.29, 1.82) is 0 Å². The summed E-state index contributed by atoms with van der Waals surface area (Å²) in [6.45, 7) is 8.48. The fraction of sp³-hybridized carbons (Fsp3) is 0.923. The third-order valence-electron chi connectivity index (χ3n) is 2.52. The van der Waals surface area contributed by atoms with Gasteiger partial charge in [0, 0.05) is 25.1 Å². The molecule has 0 bridgehead atoms. The summed E-state index contributed by atoms with van der Waals surface area (Å²) in [5.74, 6) is 0.00666. The van der Waals surface area contributed by atoms with Gasteiger partial charge in [-0.25, -0.2) is 0 Å². The molecule has 4 N–H and O–H groups in total. The Morgan fingerprint density at radius 2 is 2.00 bits per heavy atom. The molecule has 0 spiro atoms. The molecular formula is C13H28N2O2. The van der Waals surface area contributed by atoms with Crippen LogP contribution in [0.3, 0.4) is 0 Å². The molecule has 0 fully saturated rings. The molecule has 0 aliphatic heterocycles. The molecule has 0 aliphatic rings. The van der Waals surface area contributed by atoms with Gasteiger partial charge in [-0.15, -0.1) is 0 Å². The average molecular weight is 244 g/mol. The van der Waals surface area contributed by atoms with E-state index >= 15 is 0 Å². The van der Waals surface area contributed by atoms with Gasteiger partial charge in [0.2, 0.25) is 5.91 Å². The van der Waals surface area contributed by atoms with E-state index in [2.05, 4.69) is 26.1 Å². The second-order valence-electron chi connectivity index (χ2n) is 6.06. The molecule has 2 atom stereocenters. The van der Waals surface area contributed by atoms with E-state index in [9.17, 15) is 4.79 Å². The molecule has 4 heteroatoms. The first-order valence-corrected chi connectivity index (χ1v) is 6.40. The van der Waals surface area contributed by atoms with Crippen molar-refractivity contribution in [3.8, 4) is 0 Å². The fourth-order valence-electron chi connectivity index (χ4n) is 1.90. The smallest absolute Gasteiger partial charge is 0.221 e. The van der Waals surface area contributed by atoms with Crippen LogP contribution in [-0.2, 0) is 4.79 Å². The molecule has 17 heavy (non-hydrogen) atoms. The number of nitrogens with one attached hydrogen (secondary N) is 1. The quantitative estimate of drug-likeness (QED) is 0.634. The second-order valence-corrected chi connectivity index (χ2v) is 6.06. The average Bonchev–Trinajstić information content (AvgIpc) is 2.10. The number of carbonyl (C=O) groups excluding carboxylic acids is 1. The van der Waals surface area contributed by atoms with E-state index in [0.717, 1.165) is 19.3 Å². The van der Waals surface area contributed by atoms with E-state index in [1.165, 1.54) is 0 Å². The molecule has 0 heterocycles. The highest BCUT2D eigenvalue weighted by Gasteiger charge is 2.18. The summed E-state index contributed by atoms with van der Waals surface area (Å²) >= 11 is 0. The molecule has 0 saturated carbocycles. The number of nitrogens with two attached hydrogens (primary N) is 1. The maximum atomic E-state index is 11.7. The van der Waals surface area contributed by atoms with Crippen LogP contribution in [0.5, 0.6) is 0 Å². The largest absolute Gasteiger partial charge is 0.396 e. The lowest BCUT2D eigenvalue weighted by Crippen LogP contribution is -2.38. The summed E-state index contributed by atoms with van der Waals surface area (Å²) < 4.78 is 0. The minimum atomic E-state index is -0.0833. The first-order chi connectivity index (χ1) is 7.74. The Morgan fingerprint density at radius 3 is 2.47 bits per heavy atom. The lowest BCUT2D eigenvalue weighted by Gasteiger charge is -2.23. The van der Waals surface area contributed by atoms with E-state index < -0.39 is 0 Å². The standard InChI is InChI=1S/C13H28N2O2/c1-10(6-5-7-16)15-12(17)8-11(14)9-13(2,3)4/h10-11,16H,5-9,14H2,1-4H3,(H,15,17). The van der Waals surface area contributed by atoms with Crippen LogP contribution < -0.4 is 11.1 Å². The minimum Gasteiger partial charge on any atom is -0.396 e. The minimum absolute atomic E-state index is 0.00666. The zero-order valence-electron chi connectivity index (χ0n) is 11.6. The second kappa shape index (κ2) is 7.67. The molecular weight excluding hydrogens is 216 g/mol. The number of amides is 1. The van der Waals surface area contributed by atoms with Gasteiger partial charge in [-0.05, 0) is 31.6 Å². The third kappa shape index (κ3) is 10.3. The van der Waals surface area contributed by atoms with Gasteiger partial charge in [-0.3, -0.25) is 4.79 Å². The van der Waals surface area contributed by atoms with Crippen molar-refractivity contribution in [1.82, 2.24) is 5.32 Å². The van der Waals surface area contributed by atoms with Crippen LogP contribution in [-0.4, -0.2) is 29.7 Å². The van der Waals surface area contributed by atoms with Crippen molar-refractivity contribution in [3.63, 3.8) is 0 Å². The van der Waals surface area contributed by atoms with Crippen LogP contribution in [0.25, 0.3) is 0 Å². The van der Waals surface area contributed by atoms with Crippen molar-refractivity contribution in [3.05, 3.63) is 0 Å². The van der Waals surface area contributed by atoms with Crippen LogP contribution in [0.2, 0.25) is 0 Å². The lowest BCUT2D eigenvalue weighted by atomic mass is 9.87. The highest BCUT2D eigenvalue weighted by molar-refractivity contribution is 5.76. The van der Waals surface area contributed by atoms with Crippen LogP contribution in [0.1, 0.15) is 53.4 Å². The first-order valence-electron chi connectivity index (χ1n) is 6.40. The van der Waals surface area contributed by atoms with Gasteiger partial charge < -0.3 is 16.2 Å². The lowest BCUT2D eigenvalue weighted by molar-refractivity contribution is -0.122. The number of aliphatic hydroxyl groups is 1. The van der Waals surface area contributed by atoms with Crippen molar-refractivity contribution in [2.75, 3.05) is 6.61 Å². The molecule has 0 rings (SSSR count). The SMILES string of the molecule is CC(CCCO)NC(=O)CC(N)CC(C)(C)C. The van der Waals surface area contributed by atoms with Crippen LogP contribution in [0.15, 0.2) is 0 Å². The summed E-state index contributed by atoms with van der Waals surface area (Å²) in [6.07, 6.45) is 2.73. The van der Waals surface area contributed by atoms with Gasteiger partial charge in [0.05, 0.1) is 0 Å². The summed E-state index contributed by atoms with van der Waals surface area (Å²) in [6, 6.07) is 0.0246. The van der Waals surface area contributed by atoms with Crippen molar-refractivity contribution < 1.29 is 9.90 Å². The Hall–Kier alpha value is -0.610. The number of hydrogen-bond acceptors (Lipinski definition) is 3. The summed E-state index contributed by atoms with van der Waals surface area (Å²) in [7, 11) is 0. The number of hydrogen-bond donors (Lipinski definition) is 3. The molecule has 0 aromatic carbocycles. The number of rotatable bonds is 7. The normalized spacial score (nSPS) is 15.4. The Kier molecular flexibility index (Phi) is 7.39. The third-order valence-corrected chi connectivity index (χ3v) is 2.52. The van der Waals surface area contributed by atoms with Gasteiger partial charge in [-0.1, -0.05) is 20.8 Å². The van der Waals surface area contributed by atoms with Gasteiger partial charge >= 0.3 is 0 Å². The first kappa shape index (κ1) is 16.4. The van der Waals surface area contributed by atoms with E-state index in [0.29, 0.717) is 6.42 Å². The van der Waals surface area contributed by atoms with Crippen molar-refractivity contribution >= 4 is 5.91 Å². The molecule has 2 unspecified atom stereocenters. The van der Waals surface area contributed by atoms with E-state index in [1.807, 2.05) is 6.92 Å². The molecule has 0 aromatic rings. The summed E-state index contributed by atoms with van der Waals surface area (Å²) in [4.78, 5) is 11.7. The van der Waals surface area contributed by atoms with Crippen LogP contribution in [0.4, 0.5) is 0 Å². The number of aliphatic hydroxyl groups excluding tert-OH is 1. The Balaban J connectivity index is 3.85. The van der Waals surface area contributed by atoms with Gasteiger partial charge in [-0.2, -0.15) is 0 Å². The van der Waals surface area contributed by atoms with E-state index in [4.69, 9.17) is 10.8 Å². The van der Waals surface area contributed by atoms with Crippen LogP contribution >= 0.6 is 0 Å². The highest BCUT2D eigenvalue weighted by atomic mass is 16.2. The molecule has 0 saturated heterocycles. The van der Waals surface area contributed by atoms with Crippen LogP contribution in [0, 0.1) is 5.41 Å². The Bertz CT molecular complexity index is 224. The predicted octanol–water partition coefficient (Wildman–Crippen LogP) is 1.42. The zero-order valence-corrected chi connectivity index (χ0v) is 11.6. The van der Waals surface area contributed by atoms with Crippen molar-refractivity contribution in [2.24, 2.45) is 11.1 Å². The Morgan fingerprint density at radius 1 is 1.41 bits per heavy atom. The van der Waals surface area contributed by atoms with Gasteiger partial charge in [0.15, 0.2) is 0 Å². The number of carbonyl (C=O) groups is 1. The zero-order chi connectivity index (χ0) is 13.5. The fourth-order valence-corrected chi connectivity index (χ4v) is 1.90. The molecule has 102 valence electrons. The van der Waals surface area contributed by atoms with Gasteiger partial charge in [0.1, 0.15) is 0 Å². The van der Waals surface area contributed by atoms with E-state index in [-0.39, 0.29) is 30.0 Å². The maximum Gasteiger partial charge on any atom is 0.221 e. The monoisotopic (exact) mass is 244 g/mol.